The Kier molecular flexibility index (Phi) is 4.21. The van der Waals surface area contributed by atoms with Crippen LogP contribution in [0.1, 0.15) is 10.4 Å². The second-order valence-electron chi connectivity index (χ2n) is 6.39. The number of benzene rings is 3. The Morgan fingerprint density at radius 3 is 2.27 bits per heavy atom. The van der Waals surface area contributed by atoms with Crippen molar-refractivity contribution >= 4 is 38.1 Å². The maximum absolute atomic E-state index is 12.6. The summed E-state index contributed by atoms with van der Waals surface area (Å²) in [5, 5.41) is 1.97. The van der Waals surface area contributed by atoms with Gasteiger partial charge in [0.15, 0.2) is 9.84 Å². The first-order chi connectivity index (χ1) is 12.4. The number of fused-ring (bicyclic) bond motifs is 1. The lowest BCUT2D eigenvalue weighted by Gasteiger charge is -2.38. The molecule has 26 heavy (non-hydrogen) atoms. The first kappa shape index (κ1) is 17.1. The molecule has 1 fully saturated rings. The van der Waals surface area contributed by atoms with E-state index in [0.29, 0.717) is 10.6 Å². The summed E-state index contributed by atoms with van der Waals surface area (Å²) in [6, 6.07) is 19.5. The van der Waals surface area contributed by atoms with Gasteiger partial charge in [-0.25, -0.2) is 8.42 Å². The van der Waals surface area contributed by atoms with Crippen LogP contribution in [0.25, 0.3) is 10.8 Å². The Morgan fingerprint density at radius 2 is 1.58 bits per heavy atom. The molecule has 1 saturated heterocycles. The van der Waals surface area contributed by atoms with Crippen LogP contribution < -0.4 is 0 Å². The molecule has 1 aliphatic heterocycles. The number of sulfone groups is 1. The minimum Gasteiger partial charge on any atom is -0.336 e. The first-order valence-corrected chi connectivity index (χ1v) is 10.1. The van der Waals surface area contributed by atoms with Crippen molar-refractivity contribution in [2.45, 2.75) is 10.1 Å². The van der Waals surface area contributed by atoms with Crippen LogP contribution in [-0.4, -0.2) is 37.6 Å². The minimum absolute atomic E-state index is 0.140. The van der Waals surface area contributed by atoms with Crippen LogP contribution in [0.5, 0.6) is 0 Å². The van der Waals surface area contributed by atoms with E-state index in [1.54, 1.807) is 23.1 Å². The van der Waals surface area contributed by atoms with Crippen LogP contribution in [0.15, 0.2) is 71.6 Å². The topological polar surface area (TPSA) is 54.5 Å². The number of halogens is 1. The predicted octanol–water partition coefficient (Wildman–Crippen LogP) is 3.79. The molecule has 132 valence electrons. The molecule has 0 N–H and O–H groups in total. The Bertz CT molecular complexity index is 1090. The Balaban J connectivity index is 1.49. The molecule has 0 saturated carbocycles. The summed E-state index contributed by atoms with van der Waals surface area (Å²) in [5.41, 5.74) is 0.575. The summed E-state index contributed by atoms with van der Waals surface area (Å²) < 4.78 is 25.2. The van der Waals surface area contributed by atoms with Crippen molar-refractivity contribution in [3.8, 4) is 0 Å². The highest BCUT2D eigenvalue weighted by atomic mass is 35.5. The molecular formula is C20H16ClNO3S. The van der Waals surface area contributed by atoms with Gasteiger partial charge in [0.2, 0.25) is 0 Å². The second-order valence-corrected chi connectivity index (χ2v) is 9.06. The highest BCUT2D eigenvalue weighted by molar-refractivity contribution is 7.92. The molecule has 4 rings (SSSR count). The fourth-order valence-electron chi connectivity index (χ4n) is 3.12. The summed E-state index contributed by atoms with van der Waals surface area (Å²) in [6.45, 7) is 0.410. The average Bonchev–Trinajstić information content (AvgIpc) is 2.60. The summed E-state index contributed by atoms with van der Waals surface area (Å²) in [6.07, 6.45) is 0. The van der Waals surface area contributed by atoms with Gasteiger partial charge < -0.3 is 4.90 Å². The van der Waals surface area contributed by atoms with Crippen molar-refractivity contribution in [2.24, 2.45) is 0 Å². The number of rotatable bonds is 3. The number of likely N-dealkylation sites (tertiary alicyclic amines) is 1. The van der Waals surface area contributed by atoms with E-state index in [0.717, 1.165) is 10.8 Å². The molecule has 1 amide bonds. The molecular weight excluding hydrogens is 370 g/mol. The van der Waals surface area contributed by atoms with Crippen LogP contribution in [0, 0.1) is 0 Å². The lowest BCUT2D eigenvalue weighted by atomic mass is 10.0. The average molecular weight is 386 g/mol. The lowest BCUT2D eigenvalue weighted by molar-refractivity contribution is 0.0659. The molecule has 0 radical (unpaired) electrons. The summed E-state index contributed by atoms with van der Waals surface area (Å²) in [5.74, 6) is -0.140. The van der Waals surface area contributed by atoms with Crippen molar-refractivity contribution in [1.82, 2.24) is 4.90 Å². The molecule has 4 nitrogen and oxygen atoms in total. The number of carbonyl (C=O) groups excluding carboxylic acids is 1. The molecule has 0 atom stereocenters. The molecule has 1 heterocycles. The van der Waals surface area contributed by atoms with Crippen molar-refractivity contribution in [2.75, 3.05) is 13.1 Å². The smallest absolute Gasteiger partial charge is 0.253 e. The SMILES string of the molecule is O=C(c1ccc2ccccc2c1)N1CC(S(=O)(=O)c2ccc(Cl)cc2)C1. The number of hydrogen-bond donors (Lipinski definition) is 0. The summed E-state index contributed by atoms with van der Waals surface area (Å²) in [7, 11) is -3.45. The largest absolute Gasteiger partial charge is 0.336 e. The number of hydrogen-bond acceptors (Lipinski definition) is 3. The monoisotopic (exact) mass is 385 g/mol. The Labute approximate surface area is 156 Å². The fourth-order valence-corrected chi connectivity index (χ4v) is 4.90. The lowest BCUT2D eigenvalue weighted by Crippen LogP contribution is -2.56. The highest BCUT2D eigenvalue weighted by Gasteiger charge is 2.40. The second kappa shape index (κ2) is 6.41. The zero-order valence-corrected chi connectivity index (χ0v) is 15.4. The first-order valence-electron chi connectivity index (χ1n) is 8.23. The van der Waals surface area contributed by atoms with Crippen molar-refractivity contribution < 1.29 is 13.2 Å². The highest BCUT2D eigenvalue weighted by Crippen LogP contribution is 2.26. The number of nitrogens with zero attached hydrogens (tertiary/aromatic N) is 1. The zero-order chi connectivity index (χ0) is 18.3. The van der Waals surface area contributed by atoms with E-state index in [4.69, 9.17) is 11.6 Å². The van der Waals surface area contributed by atoms with E-state index in [2.05, 4.69) is 0 Å². The summed E-state index contributed by atoms with van der Waals surface area (Å²) in [4.78, 5) is 14.5. The van der Waals surface area contributed by atoms with Crippen LogP contribution in [0.3, 0.4) is 0 Å². The van der Waals surface area contributed by atoms with Crippen LogP contribution in [-0.2, 0) is 9.84 Å². The van der Waals surface area contributed by atoms with E-state index in [1.165, 1.54) is 12.1 Å². The summed E-state index contributed by atoms with van der Waals surface area (Å²) >= 11 is 5.82. The van der Waals surface area contributed by atoms with Gasteiger partial charge in [0.1, 0.15) is 5.25 Å². The maximum Gasteiger partial charge on any atom is 0.253 e. The van der Waals surface area contributed by atoms with Gasteiger partial charge in [-0.2, -0.15) is 0 Å². The standard InChI is InChI=1S/C20H16ClNO3S/c21-17-7-9-18(10-8-17)26(24,25)19-12-22(13-19)20(23)16-6-5-14-3-1-2-4-15(14)11-16/h1-11,19H,12-13H2. The molecule has 0 aromatic heterocycles. The van der Waals surface area contributed by atoms with E-state index in [9.17, 15) is 13.2 Å². The fraction of sp³-hybridized carbons (Fsp3) is 0.150. The van der Waals surface area contributed by atoms with Gasteiger partial charge in [-0.15, -0.1) is 0 Å². The van der Waals surface area contributed by atoms with E-state index in [-0.39, 0.29) is 23.9 Å². The van der Waals surface area contributed by atoms with Crippen LogP contribution in [0.2, 0.25) is 5.02 Å². The minimum atomic E-state index is -3.45. The number of amides is 1. The molecule has 0 bridgehead atoms. The van der Waals surface area contributed by atoms with Gasteiger partial charge >= 0.3 is 0 Å². The third-order valence-corrected chi connectivity index (χ3v) is 7.07. The third kappa shape index (κ3) is 2.97. The van der Waals surface area contributed by atoms with Crippen molar-refractivity contribution in [3.05, 3.63) is 77.3 Å². The Morgan fingerprint density at radius 1 is 0.923 bits per heavy atom. The zero-order valence-electron chi connectivity index (χ0n) is 13.8. The van der Waals surface area contributed by atoms with E-state index in [1.807, 2.05) is 36.4 Å². The van der Waals surface area contributed by atoms with Gasteiger partial charge in [-0.3, -0.25) is 4.79 Å². The molecule has 0 aliphatic carbocycles. The molecule has 0 unspecified atom stereocenters. The van der Waals surface area contributed by atoms with Crippen LogP contribution in [0.4, 0.5) is 0 Å². The molecule has 3 aromatic rings. The number of carbonyl (C=O) groups is 1. The quantitative estimate of drug-likeness (QED) is 0.689. The maximum atomic E-state index is 12.6. The Hall–Kier alpha value is -2.37. The van der Waals surface area contributed by atoms with Gasteiger partial charge in [0.25, 0.3) is 5.91 Å². The van der Waals surface area contributed by atoms with E-state index >= 15 is 0 Å². The van der Waals surface area contributed by atoms with Crippen molar-refractivity contribution in [3.63, 3.8) is 0 Å². The van der Waals surface area contributed by atoms with Gasteiger partial charge in [-0.05, 0) is 47.2 Å². The van der Waals surface area contributed by atoms with Gasteiger partial charge in [0.05, 0.1) is 4.90 Å². The van der Waals surface area contributed by atoms with Crippen LogP contribution >= 0.6 is 11.6 Å². The molecule has 0 spiro atoms. The molecule has 6 heteroatoms. The normalized spacial score (nSPS) is 15.0. The van der Waals surface area contributed by atoms with E-state index < -0.39 is 15.1 Å². The third-order valence-electron chi connectivity index (χ3n) is 4.71. The van der Waals surface area contributed by atoms with Gasteiger partial charge in [-0.1, -0.05) is 41.9 Å². The molecule has 3 aromatic carbocycles. The molecule has 1 aliphatic rings. The van der Waals surface area contributed by atoms with Gasteiger partial charge in [0, 0.05) is 23.7 Å². The van der Waals surface area contributed by atoms with Crippen molar-refractivity contribution in [1.29, 1.82) is 0 Å². The predicted molar refractivity (Wildman–Crippen MR) is 102 cm³/mol.